The molecule has 1 N–H and O–H groups in total. The minimum absolute atomic E-state index is 0. The summed E-state index contributed by atoms with van der Waals surface area (Å²) in [4.78, 5) is 5.42. The first-order chi connectivity index (χ1) is 8.92. The van der Waals surface area contributed by atoms with Gasteiger partial charge in [0.05, 0.1) is 0 Å². The molecule has 0 amide bonds. The predicted molar refractivity (Wildman–Crippen MR) is 83.1 cm³/mol. The maximum atomic E-state index is 3.49. The molecule has 1 unspecified atom stereocenters. The Morgan fingerprint density at radius 1 is 0.947 bits per heavy atom. The maximum Gasteiger partial charge on any atom is 0.0233 e. The SMILES string of the molecule is C1CCC(CCN2CCN(C3CCNC3)CC2)C1.Cl. The van der Waals surface area contributed by atoms with Crippen molar-refractivity contribution in [3.63, 3.8) is 0 Å². The molecular weight excluding hydrogens is 258 g/mol. The Morgan fingerprint density at radius 2 is 1.68 bits per heavy atom. The lowest BCUT2D eigenvalue weighted by Gasteiger charge is -2.38. The molecule has 112 valence electrons. The van der Waals surface area contributed by atoms with E-state index in [4.69, 9.17) is 0 Å². The second kappa shape index (κ2) is 7.82. The molecule has 2 saturated heterocycles. The van der Waals surface area contributed by atoms with E-state index in [0.717, 1.165) is 12.0 Å². The molecule has 0 spiro atoms. The van der Waals surface area contributed by atoms with Crippen molar-refractivity contribution in [3.05, 3.63) is 0 Å². The fraction of sp³-hybridized carbons (Fsp3) is 1.00. The predicted octanol–water partition coefficient (Wildman–Crippen LogP) is 1.97. The van der Waals surface area contributed by atoms with Gasteiger partial charge in [-0.15, -0.1) is 12.4 Å². The number of nitrogens with one attached hydrogen (secondary N) is 1. The zero-order valence-corrected chi connectivity index (χ0v) is 13.0. The van der Waals surface area contributed by atoms with E-state index in [1.807, 2.05) is 0 Å². The molecule has 0 aromatic heterocycles. The quantitative estimate of drug-likeness (QED) is 0.853. The van der Waals surface area contributed by atoms with Crippen molar-refractivity contribution in [2.75, 3.05) is 45.8 Å². The summed E-state index contributed by atoms with van der Waals surface area (Å²) in [5, 5.41) is 3.49. The molecule has 0 aromatic carbocycles. The highest BCUT2D eigenvalue weighted by Crippen LogP contribution is 2.27. The summed E-state index contributed by atoms with van der Waals surface area (Å²) in [6, 6.07) is 0.835. The van der Waals surface area contributed by atoms with Crippen LogP contribution in [0.15, 0.2) is 0 Å². The number of halogens is 1. The third kappa shape index (κ3) is 4.32. The number of piperazine rings is 1. The fourth-order valence-corrected chi connectivity index (χ4v) is 3.97. The van der Waals surface area contributed by atoms with Gasteiger partial charge in [-0.05, 0) is 31.8 Å². The maximum absolute atomic E-state index is 3.49. The zero-order chi connectivity index (χ0) is 12.2. The standard InChI is InChI=1S/C15H29N3.ClH/c1-2-4-14(3-1)6-8-17-9-11-18(12-10-17)15-5-7-16-13-15;/h14-16H,1-13H2;1H. The van der Waals surface area contributed by atoms with Crippen LogP contribution < -0.4 is 5.32 Å². The van der Waals surface area contributed by atoms with Crippen LogP contribution in [-0.2, 0) is 0 Å². The van der Waals surface area contributed by atoms with Crippen LogP contribution in [0.2, 0.25) is 0 Å². The lowest BCUT2D eigenvalue weighted by Crippen LogP contribution is -2.51. The molecular formula is C15H30ClN3. The lowest BCUT2D eigenvalue weighted by molar-refractivity contribution is 0.0985. The van der Waals surface area contributed by atoms with Gasteiger partial charge in [-0.1, -0.05) is 25.7 Å². The first kappa shape index (κ1) is 15.6. The fourth-order valence-electron chi connectivity index (χ4n) is 3.97. The average Bonchev–Trinajstić information content (AvgIpc) is 3.10. The van der Waals surface area contributed by atoms with Crippen LogP contribution in [0.4, 0.5) is 0 Å². The van der Waals surface area contributed by atoms with Crippen LogP contribution >= 0.6 is 12.4 Å². The third-order valence-electron chi connectivity index (χ3n) is 5.29. The van der Waals surface area contributed by atoms with Gasteiger partial charge in [0.1, 0.15) is 0 Å². The van der Waals surface area contributed by atoms with Crippen LogP contribution in [0.5, 0.6) is 0 Å². The molecule has 2 heterocycles. The van der Waals surface area contributed by atoms with Crippen LogP contribution in [0.3, 0.4) is 0 Å². The van der Waals surface area contributed by atoms with Gasteiger partial charge in [-0.2, -0.15) is 0 Å². The van der Waals surface area contributed by atoms with E-state index in [0.29, 0.717) is 0 Å². The minimum atomic E-state index is 0. The number of rotatable bonds is 4. The van der Waals surface area contributed by atoms with Crippen LogP contribution in [-0.4, -0.2) is 61.7 Å². The summed E-state index contributed by atoms with van der Waals surface area (Å²) in [6.07, 6.45) is 8.83. The normalized spacial score (nSPS) is 30.6. The van der Waals surface area contributed by atoms with Crippen molar-refractivity contribution in [2.24, 2.45) is 5.92 Å². The Kier molecular flexibility index (Phi) is 6.40. The smallest absolute Gasteiger partial charge is 0.0233 e. The highest BCUT2D eigenvalue weighted by atomic mass is 35.5. The summed E-state index contributed by atoms with van der Waals surface area (Å²) in [5.41, 5.74) is 0. The zero-order valence-electron chi connectivity index (χ0n) is 12.1. The van der Waals surface area contributed by atoms with Crippen LogP contribution in [0, 0.1) is 5.92 Å². The molecule has 0 bridgehead atoms. The Bertz CT molecular complexity index is 242. The summed E-state index contributed by atoms with van der Waals surface area (Å²) in [7, 11) is 0. The molecule has 0 radical (unpaired) electrons. The minimum Gasteiger partial charge on any atom is -0.315 e. The third-order valence-corrected chi connectivity index (χ3v) is 5.29. The van der Waals surface area contributed by atoms with E-state index in [1.165, 1.54) is 84.3 Å². The van der Waals surface area contributed by atoms with Crippen molar-refractivity contribution in [1.29, 1.82) is 0 Å². The molecule has 3 nitrogen and oxygen atoms in total. The molecule has 4 heteroatoms. The first-order valence-electron chi connectivity index (χ1n) is 8.09. The van der Waals surface area contributed by atoms with Gasteiger partial charge in [0.15, 0.2) is 0 Å². The monoisotopic (exact) mass is 287 g/mol. The van der Waals surface area contributed by atoms with Gasteiger partial charge in [0.2, 0.25) is 0 Å². The van der Waals surface area contributed by atoms with Crippen molar-refractivity contribution >= 4 is 12.4 Å². The topological polar surface area (TPSA) is 18.5 Å². The molecule has 0 aromatic rings. The van der Waals surface area contributed by atoms with Crippen LogP contribution in [0.25, 0.3) is 0 Å². The Balaban J connectivity index is 0.00000133. The molecule has 3 aliphatic rings. The summed E-state index contributed by atoms with van der Waals surface area (Å²) in [5.74, 6) is 1.06. The average molecular weight is 288 g/mol. The van der Waals surface area contributed by atoms with E-state index in [9.17, 15) is 0 Å². The molecule has 3 fully saturated rings. The van der Waals surface area contributed by atoms with Gasteiger partial charge < -0.3 is 10.2 Å². The molecule has 3 rings (SSSR count). The lowest BCUT2D eigenvalue weighted by atomic mass is 10.0. The van der Waals surface area contributed by atoms with E-state index < -0.39 is 0 Å². The molecule has 19 heavy (non-hydrogen) atoms. The van der Waals surface area contributed by atoms with Crippen LogP contribution in [0.1, 0.15) is 38.5 Å². The number of hydrogen-bond acceptors (Lipinski definition) is 3. The van der Waals surface area contributed by atoms with E-state index in [2.05, 4.69) is 15.1 Å². The van der Waals surface area contributed by atoms with Crippen molar-refractivity contribution in [1.82, 2.24) is 15.1 Å². The molecule has 1 atom stereocenters. The summed E-state index contributed by atoms with van der Waals surface area (Å²) in [6.45, 7) is 9.04. The van der Waals surface area contributed by atoms with Crippen molar-refractivity contribution in [2.45, 2.75) is 44.6 Å². The van der Waals surface area contributed by atoms with E-state index in [1.54, 1.807) is 0 Å². The first-order valence-corrected chi connectivity index (χ1v) is 8.09. The van der Waals surface area contributed by atoms with Gasteiger partial charge in [0.25, 0.3) is 0 Å². The summed E-state index contributed by atoms with van der Waals surface area (Å²) < 4.78 is 0. The highest BCUT2D eigenvalue weighted by Gasteiger charge is 2.26. The van der Waals surface area contributed by atoms with Crippen molar-refractivity contribution < 1.29 is 0 Å². The largest absolute Gasteiger partial charge is 0.315 e. The number of hydrogen-bond donors (Lipinski definition) is 1. The highest BCUT2D eigenvalue weighted by molar-refractivity contribution is 5.85. The molecule has 2 aliphatic heterocycles. The van der Waals surface area contributed by atoms with Gasteiger partial charge in [-0.3, -0.25) is 4.90 Å². The van der Waals surface area contributed by atoms with Gasteiger partial charge in [0, 0.05) is 38.8 Å². The van der Waals surface area contributed by atoms with E-state index in [-0.39, 0.29) is 12.4 Å². The Labute approximate surface area is 124 Å². The summed E-state index contributed by atoms with van der Waals surface area (Å²) >= 11 is 0. The Morgan fingerprint density at radius 3 is 2.32 bits per heavy atom. The van der Waals surface area contributed by atoms with Gasteiger partial charge in [-0.25, -0.2) is 0 Å². The second-order valence-corrected chi connectivity index (χ2v) is 6.46. The molecule has 1 aliphatic carbocycles. The Hall–Kier alpha value is 0.170. The van der Waals surface area contributed by atoms with E-state index >= 15 is 0 Å². The molecule has 1 saturated carbocycles. The van der Waals surface area contributed by atoms with Crippen molar-refractivity contribution in [3.8, 4) is 0 Å². The second-order valence-electron chi connectivity index (χ2n) is 6.46. The number of nitrogens with zero attached hydrogens (tertiary/aromatic N) is 2. The van der Waals surface area contributed by atoms with Gasteiger partial charge >= 0.3 is 0 Å².